The molecule has 0 bridgehead atoms. The van der Waals surface area contributed by atoms with E-state index in [2.05, 4.69) is 35.0 Å². The van der Waals surface area contributed by atoms with Crippen molar-refractivity contribution < 1.29 is 4.74 Å². The first-order chi connectivity index (χ1) is 7.65. The Balaban J connectivity index is 2.06. The number of aromatic nitrogens is 2. The maximum atomic E-state index is 5.60. The molecule has 1 aliphatic heterocycles. The lowest BCUT2D eigenvalue weighted by Gasteiger charge is -2.41. The molecule has 1 saturated heterocycles. The lowest BCUT2D eigenvalue weighted by atomic mass is 9.91. The van der Waals surface area contributed by atoms with Gasteiger partial charge in [0.05, 0.1) is 5.60 Å². The van der Waals surface area contributed by atoms with Crippen molar-refractivity contribution in [2.24, 2.45) is 5.92 Å². The fourth-order valence-corrected chi connectivity index (χ4v) is 2.10. The van der Waals surface area contributed by atoms with E-state index in [1.54, 1.807) is 7.11 Å². The Morgan fingerprint density at radius 1 is 1.56 bits per heavy atom. The van der Waals surface area contributed by atoms with Crippen molar-refractivity contribution in [1.82, 2.24) is 15.1 Å². The summed E-state index contributed by atoms with van der Waals surface area (Å²) in [5.41, 5.74) is 1.27. The number of hydrogen-bond donors (Lipinski definition) is 1. The zero-order chi connectivity index (χ0) is 11.6. The molecule has 16 heavy (non-hydrogen) atoms. The van der Waals surface area contributed by atoms with Gasteiger partial charge < -0.3 is 10.1 Å². The predicted molar refractivity (Wildman–Crippen MR) is 63.4 cm³/mol. The minimum Gasteiger partial charge on any atom is -0.375 e. The van der Waals surface area contributed by atoms with Crippen molar-refractivity contribution in [1.29, 1.82) is 0 Å². The molecule has 2 heterocycles. The summed E-state index contributed by atoms with van der Waals surface area (Å²) in [7, 11) is 1.80. The molecular weight excluding hydrogens is 202 g/mol. The van der Waals surface area contributed by atoms with Crippen LogP contribution in [0.3, 0.4) is 0 Å². The largest absolute Gasteiger partial charge is 0.375 e. The Morgan fingerprint density at radius 3 is 2.81 bits per heavy atom. The summed E-state index contributed by atoms with van der Waals surface area (Å²) in [6, 6.07) is 2.10. The van der Waals surface area contributed by atoms with Gasteiger partial charge in [-0.1, -0.05) is 13.8 Å². The molecule has 90 valence electrons. The summed E-state index contributed by atoms with van der Waals surface area (Å²) in [4.78, 5) is 0. The number of ether oxygens (including phenoxy) is 1. The highest BCUT2D eigenvalue weighted by Crippen LogP contribution is 2.21. The van der Waals surface area contributed by atoms with Crippen molar-refractivity contribution in [3.63, 3.8) is 0 Å². The van der Waals surface area contributed by atoms with E-state index in [0.717, 1.165) is 26.1 Å². The Morgan fingerprint density at radius 2 is 2.31 bits per heavy atom. The molecule has 2 rings (SSSR count). The van der Waals surface area contributed by atoms with Gasteiger partial charge in [0.1, 0.15) is 0 Å². The smallest absolute Gasteiger partial charge is 0.0980 e. The van der Waals surface area contributed by atoms with Crippen molar-refractivity contribution in [3.05, 3.63) is 18.0 Å². The van der Waals surface area contributed by atoms with Gasteiger partial charge in [0.15, 0.2) is 0 Å². The van der Waals surface area contributed by atoms with E-state index in [-0.39, 0.29) is 5.60 Å². The topological polar surface area (TPSA) is 39.1 Å². The summed E-state index contributed by atoms with van der Waals surface area (Å²) in [6.45, 7) is 7.28. The molecule has 4 nitrogen and oxygen atoms in total. The van der Waals surface area contributed by atoms with E-state index < -0.39 is 0 Å². The van der Waals surface area contributed by atoms with Gasteiger partial charge in [-0.15, -0.1) is 0 Å². The lowest BCUT2D eigenvalue weighted by molar-refractivity contribution is -0.0516. The molecule has 0 atom stereocenters. The van der Waals surface area contributed by atoms with Gasteiger partial charge in [-0.05, 0) is 12.0 Å². The number of hydrogen-bond acceptors (Lipinski definition) is 3. The molecule has 1 N–H and O–H groups in total. The molecule has 4 heteroatoms. The summed E-state index contributed by atoms with van der Waals surface area (Å²) < 4.78 is 7.70. The van der Waals surface area contributed by atoms with Gasteiger partial charge in [-0.2, -0.15) is 5.10 Å². The van der Waals surface area contributed by atoms with E-state index in [4.69, 9.17) is 4.74 Å². The molecule has 0 spiro atoms. The average Bonchev–Trinajstić information content (AvgIpc) is 2.58. The molecule has 0 aliphatic carbocycles. The molecule has 1 aromatic heterocycles. The first-order valence-corrected chi connectivity index (χ1v) is 5.92. The standard InChI is InChI=1S/C12H21N3O/c1-10(2)7-15-11(4-5-14-15)6-12(16-3)8-13-9-12/h4-5,10,13H,6-9H2,1-3H3. The van der Waals surface area contributed by atoms with Gasteiger partial charge in [0.2, 0.25) is 0 Å². The lowest BCUT2D eigenvalue weighted by Crippen LogP contribution is -2.62. The summed E-state index contributed by atoms with van der Waals surface area (Å²) >= 11 is 0. The van der Waals surface area contributed by atoms with Crippen molar-refractivity contribution in [3.8, 4) is 0 Å². The second-order valence-electron chi connectivity index (χ2n) is 5.07. The molecular formula is C12H21N3O. The Labute approximate surface area is 97.0 Å². The van der Waals surface area contributed by atoms with Crippen LogP contribution in [0.25, 0.3) is 0 Å². The van der Waals surface area contributed by atoms with Gasteiger partial charge >= 0.3 is 0 Å². The van der Waals surface area contributed by atoms with Crippen molar-refractivity contribution >= 4 is 0 Å². The van der Waals surface area contributed by atoms with E-state index in [0.29, 0.717) is 5.92 Å². The molecule has 0 radical (unpaired) electrons. The second-order valence-corrected chi connectivity index (χ2v) is 5.07. The minimum absolute atomic E-state index is 0.00520. The molecule has 1 aliphatic rings. The van der Waals surface area contributed by atoms with Gasteiger partial charge in [-0.3, -0.25) is 4.68 Å². The van der Waals surface area contributed by atoms with Crippen molar-refractivity contribution in [2.75, 3.05) is 20.2 Å². The van der Waals surface area contributed by atoms with Crippen LogP contribution in [0.4, 0.5) is 0 Å². The quantitative estimate of drug-likeness (QED) is 0.811. The van der Waals surface area contributed by atoms with Crippen LogP contribution >= 0.6 is 0 Å². The minimum atomic E-state index is -0.00520. The van der Waals surface area contributed by atoms with Crippen LogP contribution in [0.15, 0.2) is 12.3 Å². The first-order valence-electron chi connectivity index (χ1n) is 5.92. The number of rotatable bonds is 5. The van der Waals surface area contributed by atoms with Crippen LogP contribution in [-0.2, 0) is 17.7 Å². The summed E-state index contributed by atoms with van der Waals surface area (Å²) in [5.74, 6) is 0.622. The summed E-state index contributed by atoms with van der Waals surface area (Å²) in [5, 5.41) is 7.64. The third-order valence-corrected chi connectivity index (χ3v) is 3.17. The van der Waals surface area contributed by atoms with Crippen LogP contribution in [0, 0.1) is 5.92 Å². The van der Waals surface area contributed by atoms with Crippen LogP contribution in [0.1, 0.15) is 19.5 Å². The van der Waals surface area contributed by atoms with Crippen LogP contribution in [0.5, 0.6) is 0 Å². The van der Waals surface area contributed by atoms with E-state index >= 15 is 0 Å². The molecule has 1 aromatic rings. The van der Waals surface area contributed by atoms with Crippen LogP contribution in [-0.4, -0.2) is 35.6 Å². The summed E-state index contributed by atoms with van der Waals surface area (Å²) in [6.07, 6.45) is 2.83. The number of nitrogens with zero attached hydrogens (tertiary/aromatic N) is 2. The maximum absolute atomic E-state index is 5.60. The number of nitrogens with one attached hydrogen (secondary N) is 1. The SMILES string of the molecule is COC1(Cc2ccnn2CC(C)C)CNC1. The predicted octanol–water partition coefficient (Wildman–Crippen LogP) is 1.07. The first kappa shape index (κ1) is 11.6. The monoisotopic (exact) mass is 223 g/mol. The molecule has 0 unspecified atom stereocenters. The molecule has 0 amide bonds. The number of methoxy groups -OCH3 is 1. The zero-order valence-electron chi connectivity index (χ0n) is 10.4. The molecule has 0 saturated carbocycles. The van der Waals surface area contributed by atoms with E-state index in [9.17, 15) is 0 Å². The third kappa shape index (κ3) is 2.28. The fourth-order valence-electron chi connectivity index (χ4n) is 2.10. The molecule has 1 fully saturated rings. The average molecular weight is 223 g/mol. The highest BCUT2D eigenvalue weighted by atomic mass is 16.5. The Bertz CT molecular complexity index is 336. The maximum Gasteiger partial charge on any atom is 0.0980 e. The van der Waals surface area contributed by atoms with Gasteiger partial charge in [-0.25, -0.2) is 0 Å². The van der Waals surface area contributed by atoms with Gasteiger partial charge in [0, 0.05) is 45.1 Å². The highest BCUT2D eigenvalue weighted by Gasteiger charge is 2.37. The van der Waals surface area contributed by atoms with Gasteiger partial charge in [0.25, 0.3) is 0 Å². The van der Waals surface area contributed by atoms with E-state index in [1.807, 2.05) is 6.20 Å². The van der Waals surface area contributed by atoms with E-state index in [1.165, 1.54) is 5.69 Å². The molecule has 0 aromatic carbocycles. The Hall–Kier alpha value is -0.870. The second kappa shape index (κ2) is 4.55. The fraction of sp³-hybridized carbons (Fsp3) is 0.750. The van der Waals surface area contributed by atoms with Crippen molar-refractivity contribution in [2.45, 2.75) is 32.4 Å². The highest BCUT2D eigenvalue weighted by molar-refractivity contribution is 5.10. The normalized spacial score (nSPS) is 18.8. The Kier molecular flexibility index (Phi) is 3.30. The third-order valence-electron chi connectivity index (χ3n) is 3.17. The van der Waals surface area contributed by atoms with Crippen LogP contribution in [0.2, 0.25) is 0 Å². The zero-order valence-corrected chi connectivity index (χ0v) is 10.4. The van der Waals surface area contributed by atoms with Crippen LogP contribution < -0.4 is 5.32 Å².